The summed E-state index contributed by atoms with van der Waals surface area (Å²) in [7, 11) is -1.86. The van der Waals surface area contributed by atoms with Gasteiger partial charge in [-0.15, -0.1) is 0 Å². The molecule has 5 nitrogen and oxygen atoms in total. The summed E-state index contributed by atoms with van der Waals surface area (Å²) in [6.07, 6.45) is 7.22. The van der Waals surface area contributed by atoms with Crippen molar-refractivity contribution in [2.45, 2.75) is 50.5 Å². The van der Waals surface area contributed by atoms with Gasteiger partial charge in [0.1, 0.15) is 5.75 Å². The zero-order chi connectivity index (χ0) is 16.2. The SMILES string of the molecule is COc1ccc(CCC2(OS(C)(=O)=O)CCCCC2)c(N)c1. The van der Waals surface area contributed by atoms with Gasteiger partial charge >= 0.3 is 0 Å². The molecule has 0 unspecified atom stereocenters. The van der Waals surface area contributed by atoms with Gasteiger partial charge in [-0.3, -0.25) is 4.18 Å². The van der Waals surface area contributed by atoms with Crippen molar-refractivity contribution in [3.05, 3.63) is 23.8 Å². The van der Waals surface area contributed by atoms with Gasteiger partial charge in [0.05, 0.1) is 19.0 Å². The number of ether oxygens (including phenoxy) is 1. The molecule has 0 heterocycles. The standard InChI is InChI=1S/C16H25NO4S/c1-20-14-7-6-13(15(17)12-14)8-11-16(21-22(2,18)19)9-4-3-5-10-16/h6-7,12H,3-5,8-11,17H2,1-2H3. The van der Waals surface area contributed by atoms with Crippen LogP contribution < -0.4 is 10.5 Å². The van der Waals surface area contributed by atoms with E-state index in [1.165, 1.54) is 0 Å². The summed E-state index contributed by atoms with van der Waals surface area (Å²) in [5, 5.41) is 0. The number of hydrogen-bond acceptors (Lipinski definition) is 5. The van der Waals surface area contributed by atoms with E-state index in [1.54, 1.807) is 13.2 Å². The highest BCUT2D eigenvalue weighted by atomic mass is 32.2. The quantitative estimate of drug-likeness (QED) is 0.642. The molecule has 1 fully saturated rings. The molecule has 1 aliphatic rings. The summed E-state index contributed by atoms with van der Waals surface area (Å²) >= 11 is 0. The van der Waals surface area contributed by atoms with E-state index in [-0.39, 0.29) is 0 Å². The summed E-state index contributed by atoms with van der Waals surface area (Å²) in [6, 6.07) is 5.60. The molecule has 0 bridgehead atoms. The van der Waals surface area contributed by atoms with E-state index in [1.807, 2.05) is 12.1 Å². The van der Waals surface area contributed by atoms with Crippen molar-refractivity contribution in [1.29, 1.82) is 0 Å². The summed E-state index contributed by atoms with van der Waals surface area (Å²) in [6.45, 7) is 0. The van der Waals surface area contributed by atoms with Crippen LogP contribution in [0.25, 0.3) is 0 Å². The lowest BCUT2D eigenvalue weighted by Gasteiger charge is -2.36. The third kappa shape index (κ3) is 4.61. The lowest BCUT2D eigenvalue weighted by molar-refractivity contribution is 0.0299. The molecule has 124 valence electrons. The second-order valence-electron chi connectivity index (χ2n) is 6.10. The van der Waals surface area contributed by atoms with Gasteiger partial charge in [-0.2, -0.15) is 8.42 Å². The van der Waals surface area contributed by atoms with Gasteiger partial charge in [-0.1, -0.05) is 25.3 Å². The van der Waals surface area contributed by atoms with Crippen LogP contribution in [0.5, 0.6) is 5.75 Å². The lowest BCUT2D eigenvalue weighted by Crippen LogP contribution is -2.37. The molecule has 1 aromatic carbocycles. The second kappa shape index (κ2) is 6.87. The number of methoxy groups -OCH3 is 1. The Morgan fingerprint density at radius 1 is 1.23 bits per heavy atom. The van der Waals surface area contributed by atoms with Gasteiger partial charge in [-0.05, 0) is 37.3 Å². The highest BCUT2D eigenvalue weighted by Gasteiger charge is 2.36. The first-order chi connectivity index (χ1) is 10.3. The Kier molecular flexibility index (Phi) is 5.34. The molecular formula is C16H25NO4S. The first kappa shape index (κ1) is 17.1. The van der Waals surface area contributed by atoms with Crippen molar-refractivity contribution in [3.8, 4) is 5.75 Å². The topological polar surface area (TPSA) is 78.6 Å². The predicted molar refractivity (Wildman–Crippen MR) is 87.5 cm³/mol. The number of nitrogen functional groups attached to an aromatic ring is 1. The monoisotopic (exact) mass is 327 g/mol. The summed E-state index contributed by atoms with van der Waals surface area (Å²) in [4.78, 5) is 0. The van der Waals surface area contributed by atoms with E-state index in [9.17, 15) is 8.42 Å². The molecule has 0 spiro atoms. The number of hydrogen-bond donors (Lipinski definition) is 1. The lowest BCUT2D eigenvalue weighted by atomic mass is 9.81. The van der Waals surface area contributed by atoms with Crippen molar-refractivity contribution in [3.63, 3.8) is 0 Å². The maximum absolute atomic E-state index is 11.6. The van der Waals surface area contributed by atoms with E-state index in [0.717, 1.165) is 49.7 Å². The molecule has 0 amide bonds. The zero-order valence-electron chi connectivity index (χ0n) is 13.3. The maximum Gasteiger partial charge on any atom is 0.264 e. The normalized spacial score (nSPS) is 18.1. The molecule has 2 rings (SSSR count). The van der Waals surface area contributed by atoms with Crippen LogP contribution in [-0.2, 0) is 20.7 Å². The van der Waals surface area contributed by atoms with Gasteiger partial charge in [-0.25, -0.2) is 0 Å². The summed E-state index contributed by atoms with van der Waals surface area (Å²) in [5.41, 5.74) is 7.15. The van der Waals surface area contributed by atoms with Crippen LogP contribution in [0, 0.1) is 0 Å². The van der Waals surface area contributed by atoms with E-state index in [4.69, 9.17) is 14.7 Å². The third-order valence-electron chi connectivity index (χ3n) is 4.30. The van der Waals surface area contributed by atoms with Crippen LogP contribution in [0.2, 0.25) is 0 Å². The van der Waals surface area contributed by atoms with Crippen molar-refractivity contribution in [1.82, 2.24) is 0 Å². The van der Waals surface area contributed by atoms with Crippen LogP contribution in [-0.4, -0.2) is 27.4 Å². The average molecular weight is 327 g/mol. The molecule has 6 heteroatoms. The molecule has 0 saturated heterocycles. The molecule has 0 aromatic heterocycles. The molecular weight excluding hydrogens is 302 g/mol. The van der Waals surface area contributed by atoms with Gasteiger partial charge in [0, 0.05) is 11.8 Å². The molecule has 2 N–H and O–H groups in total. The Balaban J connectivity index is 2.11. The zero-order valence-corrected chi connectivity index (χ0v) is 14.1. The van der Waals surface area contributed by atoms with Gasteiger partial charge in [0.2, 0.25) is 0 Å². The second-order valence-corrected chi connectivity index (χ2v) is 7.67. The van der Waals surface area contributed by atoms with E-state index in [2.05, 4.69) is 0 Å². The number of benzene rings is 1. The average Bonchev–Trinajstić information content (AvgIpc) is 2.45. The molecule has 1 aliphatic carbocycles. The number of nitrogens with two attached hydrogens (primary N) is 1. The van der Waals surface area contributed by atoms with Crippen LogP contribution in [0.4, 0.5) is 5.69 Å². The molecule has 0 aliphatic heterocycles. The molecule has 1 aromatic rings. The Hall–Kier alpha value is -1.27. The van der Waals surface area contributed by atoms with Crippen molar-refractivity contribution in [2.24, 2.45) is 0 Å². The van der Waals surface area contributed by atoms with Crippen molar-refractivity contribution in [2.75, 3.05) is 19.1 Å². The van der Waals surface area contributed by atoms with E-state index in [0.29, 0.717) is 18.5 Å². The fraction of sp³-hybridized carbons (Fsp3) is 0.625. The minimum absolute atomic E-state index is 0.571. The first-order valence-electron chi connectivity index (χ1n) is 7.67. The van der Waals surface area contributed by atoms with E-state index >= 15 is 0 Å². The van der Waals surface area contributed by atoms with Crippen LogP contribution >= 0.6 is 0 Å². The van der Waals surface area contributed by atoms with Crippen molar-refractivity contribution < 1.29 is 17.3 Å². The fourth-order valence-electron chi connectivity index (χ4n) is 3.18. The Morgan fingerprint density at radius 3 is 2.45 bits per heavy atom. The maximum atomic E-state index is 11.6. The largest absolute Gasteiger partial charge is 0.497 e. The van der Waals surface area contributed by atoms with Crippen LogP contribution in [0.3, 0.4) is 0 Å². The minimum atomic E-state index is -3.46. The molecule has 0 atom stereocenters. The number of anilines is 1. The minimum Gasteiger partial charge on any atom is -0.497 e. The number of aryl methyl sites for hydroxylation is 1. The van der Waals surface area contributed by atoms with Gasteiger partial charge < -0.3 is 10.5 Å². The highest BCUT2D eigenvalue weighted by Crippen LogP contribution is 2.37. The third-order valence-corrected chi connectivity index (χ3v) is 4.95. The summed E-state index contributed by atoms with van der Waals surface area (Å²) in [5.74, 6) is 0.723. The fourth-order valence-corrected chi connectivity index (χ4v) is 4.07. The smallest absolute Gasteiger partial charge is 0.264 e. The van der Waals surface area contributed by atoms with Crippen LogP contribution in [0.1, 0.15) is 44.1 Å². The Morgan fingerprint density at radius 2 is 1.91 bits per heavy atom. The predicted octanol–water partition coefficient (Wildman–Crippen LogP) is 2.89. The van der Waals surface area contributed by atoms with Crippen molar-refractivity contribution >= 4 is 15.8 Å². The number of rotatable bonds is 6. The Bertz CT molecular complexity index is 607. The Labute approximate surface area is 132 Å². The summed E-state index contributed by atoms with van der Waals surface area (Å²) < 4.78 is 33.8. The molecule has 1 saturated carbocycles. The van der Waals surface area contributed by atoms with E-state index < -0.39 is 15.7 Å². The highest BCUT2D eigenvalue weighted by molar-refractivity contribution is 7.86. The van der Waals surface area contributed by atoms with Gasteiger partial charge in [0.15, 0.2) is 0 Å². The molecule has 22 heavy (non-hydrogen) atoms. The van der Waals surface area contributed by atoms with Gasteiger partial charge in [0.25, 0.3) is 10.1 Å². The first-order valence-corrected chi connectivity index (χ1v) is 9.48. The van der Waals surface area contributed by atoms with Crippen LogP contribution in [0.15, 0.2) is 18.2 Å². The molecule has 0 radical (unpaired) electrons.